The van der Waals surface area contributed by atoms with Crippen molar-refractivity contribution in [1.82, 2.24) is 5.32 Å². The number of hydrogen-bond acceptors (Lipinski definition) is 3. The van der Waals surface area contributed by atoms with Crippen LogP contribution >= 0.6 is 0 Å². The Balaban J connectivity index is 2.91. The third-order valence-corrected chi connectivity index (χ3v) is 4.23. The smallest absolute Gasteiger partial charge is 0.241 e. The molecule has 1 aromatic carbocycles. The minimum Gasteiger partial charge on any atom is -0.350 e. The van der Waals surface area contributed by atoms with Gasteiger partial charge < -0.3 is 5.32 Å². The van der Waals surface area contributed by atoms with Crippen molar-refractivity contribution in [2.45, 2.75) is 32.7 Å². The van der Waals surface area contributed by atoms with Crippen LogP contribution in [0.1, 0.15) is 27.2 Å². The van der Waals surface area contributed by atoms with Crippen LogP contribution in [0.5, 0.6) is 0 Å². The van der Waals surface area contributed by atoms with E-state index in [-0.39, 0.29) is 18.0 Å². The lowest BCUT2D eigenvalue weighted by atomic mass is 10.0. The van der Waals surface area contributed by atoms with Crippen molar-refractivity contribution in [3.8, 4) is 0 Å². The maximum atomic E-state index is 12.0. The maximum absolute atomic E-state index is 12.0. The molecule has 0 aliphatic heterocycles. The Bertz CT molecular complexity index is 553. The summed E-state index contributed by atoms with van der Waals surface area (Å²) in [4.78, 5) is 12.0. The van der Waals surface area contributed by atoms with Crippen LogP contribution in [-0.4, -0.2) is 32.7 Å². The largest absolute Gasteiger partial charge is 0.350 e. The quantitative estimate of drug-likeness (QED) is 0.870. The third kappa shape index (κ3) is 4.85. The predicted molar refractivity (Wildman–Crippen MR) is 81.1 cm³/mol. The van der Waals surface area contributed by atoms with Gasteiger partial charge in [-0.1, -0.05) is 25.1 Å². The van der Waals surface area contributed by atoms with Crippen LogP contribution in [0.2, 0.25) is 0 Å². The minimum absolute atomic E-state index is 0.216. The molecule has 0 heterocycles. The maximum Gasteiger partial charge on any atom is 0.241 e. The van der Waals surface area contributed by atoms with Crippen LogP contribution in [0.3, 0.4) is 0 Å². The number of rotatable bonds is 6. The molecule has 1 amide bonds. The second kappa shape index (κ2) is 6.26. The molecule has 0 bridgehead atoms. The van der Waals surface area contributed by atoms with E-state index in [4.69, 9.17) is 0 Å². The Hall–Kier alpha value is -1.56. The van der Waals surface area contributed by atoms with Crippen molar-refractivity contribution < 1.29 is 13.2 Å². The molecule has 0 saturated heterocycles. The second-order valence-corrected chi connectivity index (χ2v) is 7.30. The molecule has 5 nitrogen and oxygen atoms in total. The standard InChI is InChI=1S/C14H22N2O3S/c1-5-14(2,3)15-13(17)11-16(20(4,18)19)12-9-7-6-8-10-12/h6-10H,5,11H2,1-4H3,(H,15,17). The summed E-state index contributed by atoms with van der Waals surface area (Å²) < 4.78 is 24.8. The summed E-state index contributed by atoms with van der Waals surface area (Å²) in [5, 5.41) is 2.83. The van der Waals surface area contributed by atoms with Gasteiger partial charge in [0.1, 0.15) is 6.54 Å². The topological polar surface area (TPSA) is 66.5 Å². The van der Waals surface area contributed by atoms with Gasteiger partial charge in [-0.05, 0) is 32.4 Å². The van der Waals surface area contributed by atoms with Crippen LogP contribution in [0.15, 0.2) is 30.3 Å². The Morgan fingerprint density at radius 3 is 2.25 bits per heavy atom. The average molecular weight is 298 g/mol. The Kier molecular flexibility index (Phi) is 5.16. The number of hydrogen-bond donors (Lipinski definition) is 1. The van der Waals surface area contributed by atoms with Gasteiger partial charge in [0.05, 0.1) is 11.9 Å². The number of amides is 1. The highest BCUT2D eigenvalue weighted by Crippen LogP contribution is 2.16. The normalized spacial score (nSPS) is 12.0. The summed E-state index contributed by atoms with van der Waals surface area (Å²) in [7, 11) is -3.50. The molecule has 0 saturated carbocycles. The summed E-state index contributed by atoms with van der Waals surface area (Å²) in [5.41, 5.74) is 0.135. The van der Waals surface area contributed by atoms with E-state index in [1.807, 2.05) is 20.8 Å². The van der Waals surface area contributed by atoms with E-state index in [1.165, 1.54) is 0 Å². The summed E-state index contributed by atoms with van der Waals surface area (Å²) in [6, 6.07) is 8.60. The van der Waals surface area contributed by atoms with Gasteiger partial charge in [-0.2, -0.15) is 0 Å². The van der Waals surface area contributed by atoms with Gasteiger partial charge in [0.2, 0.25) is 15.9 Å². The molecule has 6 heteroatoms. The fourth-order valence-electron chi connectivity index (χ4n) is 1.63. The summed E-state index contributed by atoms with van der Waals surface area (Å²) >= 11 is 0. The first-order valence-electron chi connectivity index (χ1n) is 6.49. The molecule has 1 N–H and O–H groups in total. The zero-order chi connectivity index (χ0) is 15.4. The number of nitrogens with one attached hydrogen (secondary N) is 1. The van der Waals surface area contributed by atoms with Crippen molar-refractivity contribution in [3.05, 3.63) is 30.3 Å². The molecule has 1 aromatic rings. The summed E-state index contributed by atoms with van der Waals surface area (Å²) in [5.74, 6) is -0.314. The number of carbonyl (C=O) groups excluding carboxylic acids is 1. The highest BCUT2D eigenvalue weighted by Gasteiger charge is 2.24. The Morgan fingerprint density at radius 2 is 1.80 bits per heavy atom. The first-order valence-corrected chi connectivity index (χ1v) is 8.34. The molecule has 1 rings (SSSR count). The van der Waals surface area contributed by atoms with E-state index >= 15 is 0 Å². The number of para-hydroxylation sites is 1. The number of carbonyl (C=O) groups is 1. The third-order valence-electron chi connectivity index (χ3n) is 3.09. The molecular formula is C14H22N2O3S. The molecule has 0 atom stereocenters. The van der Waals surface area contributed by atoms with Crippen LogP contribution in [0, 0.1) is 0 Å². The number of anilines is 1. The summed E-state index contributed by atoms with van der Waals surface area (Å²) in [6.45, 7) is 5.55. The van der Waals surface area contributed by atoms with Crippen LogP contribution in [0.4, 0.5) is 5.69 Å². The highest BCUT2D eigenvalue weighted by atomic mass is 32.2. The zero-order valence-corrected chi connectivity index (χ0v) is 13.2. The Morgan fingerprint density at radius 1 is 1.25 bits per heavy atom. The fraction of sp³-hybridized carbons (Fsp3) is 0.500. The predicted octanol–water partition coefficient (Wildman–Crippen LogP) is 1.76. The molecule has 0 aliphatic rings. The number of benzene rings is 1. The molecule has 0 unspecified atom stereocenters. The first kappa shape index (κ1) is 16.5. The van der Waals surface area contributed by atoms with Gasteiger partial charge in [-0.25, -0.2) is 8.42 Å². The molecule has 0 radical (unpaired) electrons. The van der Waals surface area contributed by atoms with Crippen molar-refractivity contribution in [3.63, 3.8) is 0 Å². The monoisotopic (exact) mass is 298 g/mol. The van der Waals surface area contributed by atoms with Crippen LogP contribution < -0.4 is 9.62 Å². The Labute approximate surface area is 121 Å². The number of sulfonamides is 1. The van der Waals surface area contributed by atoms with E-state index in [9.17, 15) is 13.2 Å². The molecule has 20 heavy (non-hydrogen) atoms. The van der Waals surface area contributed by atoms with Gasteiger partial charge in [0.25, 0.3) is 0 Å². The van der Waals surface area contributed by atoms with Gasteiger partial charge in [-0.15, -0.1) is 0 Å². The molecule has 0 fully saturated rings. The highest BCUT2D eigenvalue weighted by molar-refractivity contribution is 7.92. The van der Waals surface area contributed by atoms with Gasteiger partial charge >= 0.3 is 0 Å². The van der Waals surface area contributed by atoms with E-state index in [2.05, 4.69) is 5.32 Å². The number of nitrogens with zero attached hydrogens (tertiary/aromatic N) is 1. The van der Waals surface area contributed by atoms with Gasteiger partial charge in [0, 0.05) is 5.54 Å². The van der Waals surface area contributed by atoms with Crippen molar-refractivity contribution in [2.24, 2.45) is 0 Å². The van der Waals surface area contributed by atoms with Crippen LogP contribution in [0.25, 0.3) is 0 Å². The second-order valence-electron chi connectivity index (χ2n) is 5.39. The molecule has 112 valence electrons. The van der Waals surface area contributed by atoms with Crippen LogP contribution in [-0.2, 0) is 14.8 Å². The fourth-order valence-corrected chi connectivity index (χ4v) is 2.49. The minimum atomic E-state index is -3.50. The van der Waals surface area contributed by atoms with Gasteiger partial charge in [-0.3, -0.25) is 9.10 Å². The lowest BCUT2D eigenvalue weighted by molar-refractivity contribution is -0.121. The molecule has 0 aliphatic carbocycles. The lowest BCUT2D eigenvalue weighted by Gasteiger charge is -2.27. The van der Waals surface area contributed by atoms with E-state index in [0.717, 1.165) is 17.0 Å². The van der Waals surface area contributed by atoms with E-state index < -0.39 is 10.0 Å². The van der Waals surface area contributed by atoms with Crippen molar-refractivity contribution in [1.29, 1.82) is 0 Å². The van der Waals surface area contributed by atoms with Gasteiger partial charge in [0.15, 0.2) is 0 Å². The van der Waals surface area contributed by atoms with Crippen molar-refractivity contribution >= 4 is 21.6 Å². The first-order chi connectivity index (χ1) is 9.15. The van der Waals surface area contributed by atoms with E-state index in [1.54, 1.807) is 30.3 Å². The summed E-state index contributed by atoms with van der Waals surface area (Å²) in [6.07, 6.45) is 1.86. The lowest BCUT2D eigenvalue weighted by Crippen LogP contribution is -2.48. The van der Waals surface area contributed by atoms with Crippen molar-refractivity contribution in [2.75, 3.05) is 17.1 Å². The molecule has 0 spiro atoms. The van der Waals surface area contributed by atoms with E-state index in [0.29, 0.717) is 5.69 Å². The zero-order valence-electron chi connectivity index (χ0n) is 12.4. The SMILES string of the molecule is CCC(C)(C)NC(=O)CN(c1ccccc1)S(C)(=O)=O. The molecular weight excluding hydrogens is 276 g/mol. The molecule has 0 aromatic heterocycles. The average Bonchev–Trinajstić information content (AvgIpc) is 2.35.